The molecule has 4 aliphatic rings. The molecule has 1 aromatic carbocycles. The molecule has 1 amide bonds. The van der Waals surface area contributed by atoms with Crippen LogP contribution in [0.2, 0.25) is 0 Å². The molecule has 2 aliphatic carbocycles. The highest BCUT2D eigenvalue weighted by Crippen LogP contribution is 2.33. The maximum absolute atomic E-state index is 13.1. The van der Waals surface area contributed by atoms with Gasteiger partial charge in [0, 0.05) is 57.4 Å². The number of aliphatic imine (C=N–C) groups is 2. The fourth-order valence-electron chi connectivity index (χ4n) is 6.09. The number of carbonyl (C=O) groups is 1. The fraction of sp³-hybridized carbons (Fsp3) is 0.606. The highest BCUT2D eigenvalue weighted by Gasteiger charge is 2.34. The van der Waals surface area contributed by atoms with Gasteiger partial charge in [-0.25, -0.2) is 9.98 Å². The summed E-state index contributed by atoms with van der Waals surface area (Å²) in [5.74, 6) is 2.69. The van der Waals surface area contributed by atoms with E-state index in [1.807, 2.05) is 6.20 Å². The lowest BCUT2D eigenvalue weighted by Gasteiger charge is -2.37. The van der Waals surface area contributed by atoms with E-state index >= 15 is 0 Å². The second-order valence-electron chi connectivity index (χ2n) is 12.0. The first-order chi connectivity index (χ1) is 19.5. The lowest BCUT2D eigenvalue weighted by molar-refractivity contribution is -0.137. The number of benzene rings is 1. The van der Waals surface area contributed by atoms with E-state index in [1.54, 1.807) is 0 Å². The number of carbonyl (C=O) groups excluding carboxylic acids is 1. The summed E-state index contributed by atoms with van der Waals surface area (Å²) in [6.45, 7) is 14.4. The molecule has 0 spiro atoms. The van der Waals surface area contributed by atoms with Gasteiger partial charge in [-0.15, -0.1) is 0 Å². The molecular weight excluding hydrogens is 498 g/mol. The lowest BCUT2D eigenvalue weighted by atomic mass is 9.85. The molecule has 1 aromatic rings. The van der Waals surface area contributed by atoms with Crippen LogP contribution in [-0.4, -0.2) is 85.2 Å². The predicted octanol–water partition coefficient (Wildman–Crippen LogP) is 5.64. The average Bonchev–Trinajstić information content (AvgIpc) is 3.87. The van der Waals surface area contributed by atoms with Gasteiger partial charge in [-0.05, 0) is 94.2 Å². The Balaban J connectivity index is 1.04. The Morgan fingerprint density at radius 3 is 2.33 bits per heavy atom. The third-order valence-corrected chi connectivity index (χ3v) is 9.16. The topological polar surface area (TPSA) is 60.7 Å². The van der Waals surface area contributed by atoms with E-state index < -0.39 is 0 Å². The third-order valence-electron chi connectivity index (χ3n) is 9.16. The molecule has 40 heavy (non-hydrogen) atoms. The van der Waals surface area contributed by atoms with Crippen molar-refractivity contribution in [2.75, 3.05) is 45.9 Å². The summed E-state index contributed by atoms with van der Waals surface area (Å²) in [5, 5.41) is 0. The van der Waals surface area contributed by atoms with Crippen molar-refractivity contribution >= 4 is 24.2 Å². The van der Waals surface area contributed by atoms with Gasteiger partial charge in [-0.3, -0.25) is 9.69 Å². The molecule has 1 unspecified atom stereocenters. The molecule has 0 bridgehead atoms. The zero-order chi connectivity index (χ0) is 27.9. The van der Waals surface area contributed by atoms with Crippen LogP contribution in [0.1, 0.15) is 70.8 Å². The molecule has 7 nitrogen and oxygen atoms in total. The van der Waals surface area contributed by atoms with Crippen molar-refractivity contribution in [3.05, 3.63) is 47.7 Å². The van der Waals surface area contributed by atoms with E-state index in [0.717, 1.165) is 102 Å². The average molecular weight is 546 g/mol. The number of rotatable bonds is 8. The minimum Gasteiger partial charge on any atom is -0.493 e. The number of piperidine rings is 1. The van der Waals surface area contributed by atoms with Crippen LogP contribution < -0.4 is 4.74 Å². The predicted molar refractivity (Wildman–Crippen MR) is 164 cm³/mol. The maximum atomic E-state index is 13.1. The van der Waals surface area contributed by atoms with Crippen molar-refractivity contribution in [3.8, 4) is 5.75 Å². The van der Waals surface area contributed by atoms with Crippen molar-refractivity contribution < 1.29 is 9.53 Å². The number of hydrogen-bond acceptors (Lipinski definition) is 4. The number of guanidine groups is 1. The Kier molecular flexibility index (Phi) is 9.74. The molecule has 1 saturated carbocycles. The molecule has 2 aliphatic heterocycles. The number of likely N-dealkylation sites (tertiary alicyclic amines) is 1. The summed E-state index contributed by atoms with van der Waals surface area (Å²) in [6.07, 6.45) is 12.8. The van der Waals surface area contributed by atoms with Gasteiger partial charge in [0.15, 0.2) is 0 Å². The van der Waals surface area contributed by atoms with Crippen LogP contribution in [0, 0.1) is 11.8 Å². The van der Waals surface area contributed by atoms with Gasteiger partial charge in [-0.2, -0.15) is 0 Å². The van der Waals surface area contributed by atoms with Crippen LogP contribution in [0.5, 0.6) is 5.75 Å². The Morgan fingerprint density at radius 1 is 1.00 bits per heavy atom. The number of hydrogen-bond donors (Lipinski definition) is 0. The summed E-state index contributed by atoms with van der Waals surface area (Å²) in [4.78, 5) is 28.7. The monoisotopic (exact) mass is 545 g/mol. The van der Waals surface area contributed by atoms with E-state index in [-0.39, 0.29) is 5.92 Å². The van der Waals surface area contributed by atoms with Crippen molar-refractivity contribution in [2.45, 2.75) is 71.3 Å². The lowest BCUT2D eigenvalue weighted by Crippen LogP contribution is -2.51. The number of amides is 1. The van der Waals surface area contributed by atoms with Gasteiger partial charge >= 0.3 is 0 Å². The van der Waals surface area contributed by atoms with Crippen LogP contribution in [0.25, 0.3) is 5.57 Å². The minimum absolute atomic E-state index is 0.145. The molecule has 0 N–H and O–H groups in total. The zero-order valence-electron chi connectivity index (χ0n) is 24.6. The summed E-state index contributed by atoms with van der Waals surface area (Å²) < 4.78 is 6.18. The van der Waals surface area contributed by atoms with Gasteiger partial charge in [-0.1, -0.05) is 30.7 Å². The second-order valence-corrected chi connectivity index (χ2v) is 12.0. The summed E-state index contributed by atoms with van der Waals surface area (Å²) in [6, 6.07) is 9.34. The van der Waals surface area contributed by atoms with Crippen LogP contribution in [0.3, 0.4) is 0 Å². The number of allylic oxidation sites excluding steroid dienone is 3. The van der Waals surface area contributed by atoms with Gasteiger partial charge in [0.25, 0.3) is 0 Å². The molecule has 0 radical (unpaired) electrons. The smallest absolute Gasteiger partial charge is 0.226 e. The fourth-order valence-corrected chi connectivity index (χ4v) is 6.09. The van der Waals surface area contributed by atoms with Gasteiger partial charge in [0.1, 0.15) is 5.75 Å². The Bertz CT molecular complexity index is 1100. The molecule has 7 heteroatoms. The Morgan fingerprint density at radius 2 is 1.73 bits per heavy atom. The van der Waals surface area contributed by atoms with Crippen molar-refractivity contribution in [2.24, 2.45) is 21.8 Å². The zero-order valence-corrected chi connectivity index (χ0v) is 24.6. The van der Waals surface area contributed by atoms with Crippen LogP contribution in [-0.2, 0) is 4.79 Å². The molecule has 2 heterocycles. The summed E-state index contributed by atoms with van der Waals surface area (Å²) in [5.41, 5.74) is 3.85. The Labute approximate surface area is 240 Å². The first-order valence-corrected chi connectivity index (χ1v) is 15.4. The Hall–Kier alpha value is -2.93. The van der Waals surface area contributed by atoms with Crippen molar-refractivity contribution in [1.82, 2.24) is 14.7 Å². The van der Waals surface area contributed by atoms with Gasteiger partial charge < -0.3 is 14.5 Å². The first-order valence-electron chi connectivity index (χ1n) is 15.4. The normalized spacial score (nSPS) is 23.6. The molecule has 2 saturated heterocycles. The van der Waals surface area contributed by atoms with Gasteiger partial charge in [0.05, 0.1) is 6.61 Å². The molecule has 0 aromatic heterocycles. The van der Waals surface area contributed by atoms with Crippen LogP contribution in [0.15, 0.2) is 52.1 Å². The third kappa shape index (κ3) is 7.42. The van der Waals surface area contributed by atoms with Gasteiger partial charge in [0.2, 0.25) is 11.9 Å². The quantitative estimate of drug-likeness (QED) is 0.313. The van der Waals surface area contributed by atoms with Crippen molar-refractivity contribution in [3.63, 3.8) is 0 Å². The SMILES string of the molecule is C=NC(=N/C=C(\C)CC)N1CCC(COc2ccc(C3=CCC(C(=O)N4CCN(C5CC5)CC4)CC3)cc2)CC1. The van der Waals surface area contributed by atoms with Crippen molar-refractivity contribution in [1.29, 1.82) is 0 Å². The number of piperazine rings is 1. The van der Waals surface area contributed by atoms with E-state index in [9.17, 15) is 4.79 Å². The minimum atomic E-state index is 0.145. The van der Waals surface area contributed by atoms with E-state index in [2.05, 4.69) is 75.6 Å². The second kappa shape index (κ2) is 13.6. The molecule has 3 fully saturated rings. The molecular formula is C33H47N5O2. The van der Waals surface area contributed by atoms with E-state index in [1.165, 1.54) is 29.6 Å². The highest BCUT2D eigenvalue weighted by molar-refractivity contribution is 5.84. The summed E-state index contributed by atoms with van der Waals surface area (Å²) >= 11 is 0. The number of ether oxygens (including phenoxy) is 1. The van der Waals surface area contributed by atoms with E-state index in [4.69, 9.17) is 4.74 Å². The van der Waals surface area contributed by atoms with Crippen LogP contribution in [0.4, 0.5) is 0 Å². The van der Waals surface area contributed by atoms with Crippen LogP contribution >= 0.6 is 0 Å². The number of nitrogens with zero attached hydrogens (tertiary/aromatic N) is 5. The maximum Gasteiger partial charge on any atom is 0.226 e. The molecule has 216 valence electrons. The molecule has 5 rings (SSSR count). The highest BCUT2D eigenvalue weighted by atomic mass is 16.5. The molecule has 1 atom stereocenters. The first kappa shape index (κ1) is 28.6. The van der Waals surface area contributed by atoms with E-state index in [0.29, 0.717) is 11.8 Å². The standard InChI is InChI=1S/C33H47N5O2/c1-4-25(2)23-35-33(34-3)38-17-15-26(16-18-38)24-40-31-13-9-28(10-14-31)27-5-7-29(8-6-27)32(39)37-21-19-36(20-22-37)30-11-12-30/h5,9-10,13-14,23,26,29-30H,3-4,6-8,11-12,15-22,24H2,1-2H3/b25-23+,35-33?. The summed E-state index contributed by atoms with van der Waals surface area (Å²) in [7, 11) is 0. The largest absolute Gasteiger partial charge is 0.493 e.